The minimum Gasteiger partial charge on any atom is -0.379 e. The predicted octanol–water partition coefficient (Wildman–Crippen LogP) is 4.72. The lowest BCUT2D eigenvalue weighted by Crippen LogP contribution is -2.34. The Balaban J connectivity index is 1.04. The Morgan fingerprint density at radius 1 is 0.575 bits per heavy atom. The van der Waals surface area contributed by atoms with E-state index < -0.39 is 6.72 Å². The number of nitrogens with one attached hydrogen (secondary N) is 4. The van der Waals surface area contributed by atoms with Crippen LogP contribution in [0.25, 0.3) is 22.5 Å². The predicted molar refractivity (Wildman–Crippen MR) is 306 cm³/mol. The number of amides is 4. The Morgan fingerprint density at radius 3 is 1.69 bits per heavy atom. The molecule has 23 nitrogen and oxygen atoms in total. The van der Waals surface area contributed by atoms with Crippen LogP contribution in [0.2, 0.25) is 0 Å². The van der Waals surface area contributed by atoms with E-state index in [1.165, 1.54) is 0 Å². The third-order valence-electron chi connectivity index (χ3n) is 11.8. The van der Waals surface area contributed by atoms with Crippen LogP contribution in [-0.4, -0.2) is 194 Å². The molecule has 0 saturated heterocycles. The SMILES string of the molecule is CC(C)NCCOCCOCCOCCNC(=O)CCOCCNC(=O)CCC(=O)N1Cc2ccccc2-c2nnn(CCOCCOCCOCCOCCC(=O)NCCCCCCOP(O)(=S)OC(C)C)c2-c2ccccc21. The van der Waals surface area contributed by atoms with E-state index in [1.807, 2.05) is 48.5 Å². The highest BCUT2D eigenvalue weighted by Crippen LogP contribution is 2.45. The molecule has 2 heterocycles. The van der Waals surface area contributed by atoms with Crippen molar-refractivity contribution in [3.8, 4) is 22.5 Å². The van der Waals surface area contributed by atoms with Gasteiger partial charge in [0.15, 0.2) is 0 Å². The normalized spacial score (nSPS) is 12.9. The quantitative estimate of drug-likeness (QED) is 0.0379. The van der Waals surface area contributed by atoms with E-state index in [4.69, 9.17) is 58.7 Å². The first-order valence-electron chi connectivity index (χ1n) is 28.1. The molecule has 1 atom stereocenters. The van der Waals surface area contributed by atoms with E-state index in [0.717, 1.165) is 54.6 Å². The van der Waals surface area contributed by atoms with Gasteiger partial charge in [0.05, 0.1) is 143 Å². The van der Waals surface area contributed by atoms with Crippen molar-refractivity contribution in [1.29, 1.82) is 0 Å². The number of para-hydroxylation sites is 1. The van der Waals surface area contributed by atoms with Crippen molar-refractivity contribution in [1.82, 2.24) is 36.3 Å². The van der Waals surface area contributed by atoms with Gasteiger partial charge in [0.2, 0.25) is 23.6 Å². The van der Waals surface area contributed by atoms with Crippen LogP contribution in [0.15, 0.2) is 48.5 Å². The molecule has 0 bridgehead atoms. The van der Waals surface area contributed by atoms with Gasteiger partial charge in [-0.3, -0.25) is 19.2 Å². The molecule has 80 heavy (non-hydrogen) atoms. The number of fused-ring (bicyclic) bond motifs is 5. The van der Waals surface area contributed by atoms with Crippen molar-refractivity contribution in [2.24, 2.45) is 0 Å². The number of benzene rings is 2. The van der Waals surface area contributed by atoms with Crippen LogP contribution in [0, 0.1) is 0 Å². The van der Waals surface area contributed by atoms with Crippen LogP contribution in [-0.2, 0) is 91.0 Å². The van der Waals surface area contributed by atoms with Crippen molar-refractivity contribution >= 4 is 47.8 Å². The Hall–Kier alpha value is -4.37. The molecule has 0 radical (unpaired) electrons. The van der Waals surface area contributed by atoms with Gasteiger partial charge in [-0.1, -0.05) is 74.4 Å². The number of hydrogen-bond donors (Lipinski definition) is 5. The molecule has 1 unspecified atom stereocenters. The van der Waals surface area contributed by atoms with Crippen molar-refractivity contribution in [3.63, 3.8) is 0 Å². The molecule has 0 fully saturated rings. The molecule has 0 spiro atoms. The molecular formula is C55H89N8O15PS. The van der Waals surface area contributed by atoms with Crippen molar-refractivity contribution < 1.29 is 71.0 Å². The number of hydrogen-bond acceptors (Lipinski definition) is 18. The largest absolute Gasteiger partial charge is 0.379 e. The summed E-state index contributed by atoms with van der Waals surface area (Å²) in [6.45, 7) is 13.9. The summed E-state index contributed by atoms with van der Waals surface area (Å²) in [5.74, 6) is -0.709. The lowest BCUT2D eigenvalue weighted by Gasteiger charge is -2.28. The van der Waals surface area contributed by atoms with Crippen LogP contribution in [0.3, 0.4) is 0 Å². The molecule has 450 valence electrons. The first kappa shape index (κ1) is 68.1. The zero-order valence-electron chi connectivity index (χ0n) is 47.5. The molecule has 4 amide bonds. The van der Waals surface area contributed by atoms with E-state index >= 15 is 0 Å². The zero-order chi connectivity index (χ0) is 57.5. The lowest BCUT2D eigenvalue weighted by molar-refractivity contribution is -0.125. The van der Waals surface area contributed by atoms with Crippen LogP contribution in [0.4, 0.5) is 5.69 Å². The van der Waals surface area contributed by atoms with Gasteiger partial charge >= 0.3 is 6.72 Å². The maximum absolute atomic E-state index is 14.0. The first-order chi connectivity index (χ1) is 38.8. The summed E-state index contributed by atoms with van der Waals surface area (Å²) in [5, 5.41) is 21.0. The van der Waals surface area contributed by atoms with Crippen LogP contribution in [0.5, 0.6) is 0 Å². The topological polar surface area (TPSA) is 263 Å². The van der Waals surface area contributed by atoms with E-state index in [0.29, 0.717) is 136 Å². The highest BCUT2D eigenvalue weighted by Gasteiger charge is 2.29. The van der Waals surface area contributed by atoms with Crippen molar-refractivity contribution in [3.05, 3.63) is 54.1 Å². The number of carbonyl (C=O) groups is 4. The number of rotatable bonds is 47. The minimum atomic E-state index is -3.17. The smallest absolute Gasteiger partial charge is 0.324 e. The Kier molecular flexibility index (Phi) is 35.4. The summed E-state index contributed by atoms with van der Waals surface area (Å²) in [4.78, 5) is 62.9. The zero-order valence-corrected chi connectivity index (χ0v) is 49.2. The highest BCUT2D eigenvalue weighted by atomic mass is 32.5. The van der Waals surface area contributed by atoms with Gasteiger partial charge in [-0.25, -0.2) is 4.68 Å². The maximum atomic E-state index is 14.0. The van der Waals surface area contributed by atoms with Gasteiger partial charge in [-0.15, -0.1) is 5.10 Å². The fourth-order valence-electron chi connectivity index (χ4n) is 7.93. The Bertz CT molecular complexity index is 2260. The van der Waals surface area contributed by atoms with Gasteiger partial charge in [0.25, 0.3) is 0 Å². The lowest BCUT2D eigenvalue weighted by atomic mass is 9.95. The van der Waals surface area contributed by atoms with Crippen LogP contribution in [0.1, 0.15) is 84.6 Å². The summed E-state index contributed by atoms with van der Waals surface area (Å²) >= 11 is 4.97. The Labute approximate surface area is 477 Å². The molecule has 2 aromatic carbocycles. The standard InChI is InChI=1S/C55H89N8O15PS/c1-44(2)56-22-29-71-34-38-75-39-35-72-31-24-59-52(66)19-27-69-30-23-58-50(64)17-18-53(67)62-43-46-13-7-8-14-47(46)54-55(48-15-9-10-16-49(48)62)63(61-60-54)25-32-73-36-40-76-42-41-74-37-33-70-28-20-51(65)57-21-11-5-6-12-26-77-79(68,80)78-45(3)4/h7-10,13-16,44-45,56H,5-6,11-12,17-43H2,1-4H3,(H,57,65)(H,58,64)(H,59,66)(H,68,80). The summed E-state index contributed by atoms with van der Waals surface area (Å²) in [5.41, 5.74) is 4.67. The van der Waals surface area contributed by atoms with Crippen molar-refractivity contribution in [2.45, 2.75) is 104 Å². The summed E-state index contributed by atoms with van der Waals surface area (Å²) in [7, 11) is 0. The molecule has 5 N–H and O–H groups in total. The number of aromatic nitrogens is 3. The second-order valence-corrected chi connectivity index (χ2v) is 21.9. The number of unbranched alkanes of at least 4 members (excludes halogenated alkanes) is 3. The summed E-state index contributed by atoms with van der Waals surface area (Å²) < 4.78 is 57.1. The average Bonchev–Trinajstić information content (AvgIpc) is 3.84. The van der Waals surface area contributed by atoms with E-state index in [9.17, 15) is 24.1 Å². The third kappa shape index (κ3) is 29.6. The number of nitrogens with zero attached hydrogens (tertiary/aromatic N) is 4. The molecule has 1 aromatic heterocycles. The highest BCUT2D eigenvalue weighted by molar-refractivity contribution is 8.07. The van der Waals surface area contributed by atoms with Gasteiger partial charge in [0.1, 0.15) is 5.69 Å². The van der Waals surface area contributed by atoms with E-state index in [2.05, 4.69) is 45.4 Å². The fraction of sp³-hybridized carbons (Fsp3) is 0.673. The van der Waals surface area contributed by atoms with Crippen molar-refractivity contribution in [2.75, 3.05) is 143 Å². The summed E-state index contributed by atoms with van der Waals surface area (Å²) in [6.07, 6.45) is 3.65. The Morgan fingerprint density at radius 2 is 1.07 bits per heavy atom. The van der Waals surface area contributed by atoms with Gasteiger partial charge in [-0.2, -0.15) is 0 Å². The second-order valence-electron chi connectivity index (χ2n) is 19.1. The molecule has 1 aliphatic heterocycles. The fourth-order valence-corrected chi connectivity index (χ4v) is 9.62. The van der Waals surface area contributed by atoms with Gasteiger partial charge in [0, 0.05) is 69.0 Å². The average molecular weight is 1170 g/mol. The third-order valence-corrected chi connectivity index (χ3v) is 13.6. The molecule has 1 aliphatic rings. The molecule has 0 saturated carbocycles. The van der Waals surface area contributed by atoms with E-state index in [-0.39, 0.29) is 81.7 Å². The summed E-state index contributed by atoms with van der Waals surface area (Å²) in [6, 6.07) is 15.9. The van der Waals surface area contributed by atoms with E-state index in [1.54, 1.807) is 23.4 Å². The molecule has 3 aromatic rings. The molecule has 25 heteroatoms. The second kappa shape index (κ2) is 41.6. The molecule has 4 rings (SSSR count). The molecular weight excluding hydrogens is 1080 g/mol. The van der Waals surface area contributed by atoms with Gasteiger partial charge in [-0.05, 0) is 50.1 Å². The van der Waals surface area contributed by atoms with Crippen LogP contribution < -0.4 is 26.2 Å². The maximum Gasteiger partial charge on any atom is 0.324 e. The van der Waals surface area contributed by atoms with Gasteiger partial charge < -0.3 is 78.0 Å². The first-order valence-corrected chi connectivity index (χ1v) is 30.7. The number of anilines is 1. The number of ether oxygens (including phenoxy) is 8. The minimum absolute atomic E-state index is 0.0133. The van der Waals surface area contributed by atoms with Crippen LogP contribution >= 0.6 is 6.72 Å². The number of carbonyl (C=O) groups excluding carboxylic acids is 4. The molecule has 0 aliphatic carbocycles. The monoisotopic (exact) mass is 1160 g/mol.